The monoisotopic (exact) mass is 408 g/mol. The van der Waals surface area contributed by atoms with Crippen molar-refractivity contribution >= 4 is 27.7 Å². The molecule has 0 saturated carbocycles. The molecule has 2 rings (SSSR count). The molecule has 1 saturated heterocycles. The Morgan fingerprint density at radius 3 is 2.21 bits per heavy atom. The third-order valence-corrected chi connectivity index (χ3v) is 4.21. The van der Waals surface area contributed by atoms with E-state index in [9.17, 15) is 18.0 Å². The highest BCUT2D eigenvalue weighted by Gasteiger charge is 2.38. The first kappa shape index (κ1) is 18.9. The Morgan fingerprint density at radius 1 is 1.12 bits per heavy atom. The Bertz CT molecular complexity index is 606. The van der Waals surface area contributed by atoms with Crippen LogP contribution in [0.5, 0.6) is 0 Å². The van der Waals surface area contributed by atoms with Crippen LogP contribution >= 0.6 is 15.9 Å². The SMILES string of the molecule is CC(C)(C)OC(=O)N1CCN(c2cccc(Br)c2C(F)(F)F)CC1. The number of hydrogen-bond donors (Lipinski definition) is 0. The Hall–Kier alpha value is -1.44. The lowest BCUT2D eigenvalue weighted by Crippen LogP contribution is -2.50. The normalized spacial score (nSPS) is 16.3. The van der Waals surface area contributed by atoms with E-state index in [0.29, 0.717) is 26.2 Å². The molecule has 1 aliphatic heterocycles. The zero-order valence-electron chi connectivity index (χ0n) is 13.8. The van der Waals surface area contributed by atoms with Crippen molar-refractivity contribution < 1.29 is 22.7 Å². The fourth-order valence-electron chi connectivity index (χ4n) is 2.51. The first-order valence-electron chi connectivity index (χ1n) is 7.57. The van der Waals surface area contributed by atoms with E-state index in [1.165, 1.54) is 17.0 Å². The van der Waals surface area contributed by atoms with E-state index in [2.05, 4.69) is 15.9 Å². The summed E-state index contributed by atoms with van der Waals surface area (Å²) in [6, 6.07) is 4.41. The fraction of sp³-hybridized carbons (Fsp3) is 0.562. The van der Waals surface area contributed by atoms with Crippen molar-refractivity contribution in [3.05, 3.63) is 28.2 Å². The highest BCUT2D eigenvalue weighted by atomic mass is 79.9. The molecule has 24 heavy (non-hydrogen) atoms. The largest absolute Gasteiger partial charge is 0.444 e. The van der Waals surface area contributed by atoms with Gasteiger partial charge >= 0.3 is 12.3 Å². The maximum absolute atomic E-state index is 13.3. The van der Waals surface area contributed by atoms with E-state index in [4.69, 9.17) is 4.74 Å². The van der Waals surface area contributed by atoms with Crippen LogP contribution < -0.4 is 4.90 Å². The standard InChI is InChI=1S/C16H20BrF3N2O2/c1-15(2,3)24-14(23)22-9-7-21(8-10-22)12-6-4-5-11(17)13(12)16(18,19)20/h4-6H,7-10H2,1-3H3. The van der Waals surface area contributed by atoms with Gasteiger partial charge in [0.1, 0.15) is 5.60 Å². The molecule has 134 valence electrons. The molecule has 0 N–H and O–H groups in total. The van der Waals surface area contributed by atoms with Crippen LogP contribution in [0, 0.1) is 0 Å². The smallest absolute Gasteiger partial charge is 0.419 e. The summed E-state index contributed by atoms with van der Waals surface area (Å²) in [6.45, 7) is 6.60. The van der Waals surface area contributed by atoms with Crippen molar-refractivity contribution in [2.45, 2.75) is 32.5 Å². The molecular formula is C16H20BrF3N2O2. The van der Waals surface area contributed by atoms with E-state index in [1.54, 1.807) is 31.7 Å². The number of halogens is 4. The number of anilines is 1. The fourth-order valence-corrected chi connectivity index (χ4v) is 3.09. The number of rotatable bonds is 1. The van der Waals surface area contributed by atoms with Crippen LogP contribution in [0.15, 0.2) is 22.7 Å². The van der Waals surface area contributed by atoms with E-state index in [-0.39, 0.29) is 10.2 Å². The molecule has 1 aliphatic rings. The second kappa shape index (κ2) is 6.82. The van der Waals surface area contributed by atoms with Crippen molar-refractivity contribution in [2.75, 3.05) is 31.1 Å². The highest BCUT2D eigenvalue weighted by molar-refractivity contribution is 9.10. The van der Waals surface area contributed by atoms with Gasteiger partial charge in [-0.3, -0.25) is 0 Å². The number of benzene rings is 1. The Labute approximate surface area is 147 Å². The van der Waals surface area contributed by atoms with Gasteiger partial charge in [-0.25, -0.2) is 4.79 Å². The summed E-state index contributed by atoms with van der Waals surface area (Å²) in [5, 5.41) is 0. The third kappa shape index (κ3) is 4.55. The zero-order chi connectivity index (χ0) is 18.1. The molecule has 8 heteroatoms. The molecule has 0 aromatic heterocycles. The molecule has 0 bridgehead atoms. The minimum atomic E-state index is -4.45. The molecule has 1 amide bonds. The lowest BCUT2D eigenvalue weighted by molar-refractivity contribution is -0.137. The molecule has 1 heterocycles. The van der Waals surface area contributed by atoms with Gasteiger partial charge in [0, 0.05) is 30.7 Å². The number of piperazine rings is 1. The van der Waals surface area contributed by atoms with Gasteiger partial charge in [-0.1, -0.05) is 22.0 Å². The molecule has 1 aromatic carbocycles. The molecule has 1 fully saturated rings. The van der Waals surface area contributed by atoms with Crippen molar-refractivity contribution in [2.24, 2.45) is 0 Å². The predicted octanol–water partition coefficient (Wildman–Crippen LogP) is 4.53. The number of hydrogen-bond acceptors (Lipinski definition) is 3. The maximum Gasteiger partial charge on any atom is 0.419 e. The van der Waals surface area contributed by atoms with Crippen LogP contribution in [0.1, 0.15) is 26.3 Å². The second-order valence-electron chi connectivity index (χ2n) is 6.59. The van der Waals surface area contributed by atoms with Crippen LogP contribution in [-0.2, 0) is 10.9 Å². The average molecular weight is 409 g/mol. The van der Waals surface area contributed by atoms with Gasteiger partial charge in [0.25, 0.3) is 0 Å². The molecule has 0 radical (unpaired) electrons. The number of alkyl halides is 3. The van der Waals surface area contributed by atoms with Crippen LogP contribution in [0.3, 0.4) is 0 Å². The molecule has 0 unspecified atom stereocenters. The van der Waals surface area contributed by atoms with Gasteiger partial charge < -0.3 is 14.5 Å². The molecule has 0 spiro atoms. The Kier molecular flexibility index (Phi) is 5.37. The second-order valence-corrected chi connectivity index (χ2v) is 7.44. The van der Waals surface area contributed by atoms with Gasteiger partial charge in [0.2, 0.25) is 0 Å². The first-order valence-corrected chi connectivity index (χ1v) is 8.37. The summed E-state index contributed by atoms with van der Waals surface area (Å²) in [5.41, 5.74) is -1.15. The van der Waals surface area contributed by atoms with Gasteiger partial charge in [-0.05, 0) is 32.9 Å². The van der Waals surface area contributed by atoms with Gasteiger partial charge in [-0.15, -0.1) is 0 Å². The van der Waals surface area contributed by atoms with Crippen molar-refractivity contribution in [1.29, 1.82) is 0 Å². The summed E-state index contributed by atoms with van der Waals surface area (Å²) < 4.78 is 45.3. The number of carbonyl (C=O) groups excluding carboxylic acids is 1. The van der Waals surface area contributed by atoms with E-state index < -0.39 is 23.4 Å². The molecule has 0 aliphatic carbocycles. The number of nitrogens with zero attached hydrogens (tertiary/aromatic N) is 2. The molecular weight excluding hydrogens is 389 g/mol. The summed E-state index contributed by atoms with van der Waals surface area (Å²) in [4.78, 5) is 15.2. The maximum atomic E-state index is 13.3. The van der Waals surface area contributed by atoms with Crippen molar-refractivity contribution in [1.82, 2.24) is 4.90 Å². The quantitative estimate of drug-likeness (QED) is 0.684. The number of carbonyl (C=O) groups is 1. The van der Waals surface area contributed by atoms with Crippen LogP contribution in [-0.4, -0.2) is 42.8 Å². The summed E-state index contributed by atoms with van der Waals surface area (Å²) >= 11 is 2.99. The Morgan fingerprint density at radius 2 is 1.71 bits per heavy atom. The third-order valence-electron chi connectivity index (χ3n) is 3.55. The number of ether oxygens (including phenoxy) is 1. The van der Waals surface area contributed by atoms with Crippen LogP contribution in [0.25, 0.3) is 0 Å². The minimum Gasteiger partial charge on any atom is -0.444 e. The average Bonchev–Trinajstić information content (AvgIpc) is 2.44. The Balaban J connectivity index is 2.11. The molecule has 4 nitrogen and oxygen atoms in total. The minimum absolute atomic E-state index is 0.0158. The summed E-state index contributed by atoms with van der Waals surface area (Å²) in [5.74, 6) is 0. The first-order chi connectivity index (χ1) is 11.0. The van der Waals surface area contributed by atoms with E-state index >= 15 is 0 Å². The topological polar surface area (TPSA) is 32.8 Å². The van der Waals surface area contributed by atoms with Gasteiger partial charge in [0.15, 0.2) is 0 Å². The van der Waals surface area contributed by atoms with Crippen molar-refractivity contribution in [3.8, 4) is 0 Å². The van der Waals surface area contributed by atoms with E-state index in [0.717, 1.165) is 0 Å². The van der Waals surface area contributed by atoms with Crippen LogP contribution in [0.2, 0.25) is 0 Å². The molecule has 0 atom stereocenters. The number of amides is 1. The van der Waals surface area contributed by atoms with Crippen LogP contribution in [0.4, 0.5) is 23.7 Å². The predicted molar refractivity (Wildman–Crippen MR) is 89.2 cm³/mol. The van der Waals surface area contributed by atoms with E-state index in [1.807, 2.05) is 0 Å². The lowest BCUT2D eigenvalue weighted by atomic mass is 10.1. The zero-order valence-corrected chi connectivity index (χ0v) is 15.4. The summed E-state index contributed by atoms with van der Waals surface area (Å²) in [6.07, 6.45) is -4.88. The summed E-state index contributed by atoms with van der Waals surface area (Å²) in [7, 11) is 0. The highest BCUT2D eigenvalue weighted by Crippen LogP contribution is 2.41. The van der Waals surface area contributed by atoms with Gasteiger partial charge in [0.05, 0.1) is 11.3 Å². The van der Waals surface area contributed by atoms with Crippen molar-refractivity contribution in [3.63, 3.8) is 0 Å². The molecule has 1 aromatic rings. The lowest BCUT2D eigenvalue weighted by Gasteiger charge is -2.37. The van der Waals surface area contributed by atoms with Gasteiger partial charge in [-0.2, -0.15) is 13.2 Å².